The van der Waals surface area contributed by atoms with E-state index in [1.165, 1.54) is 46.3 Å². The van der Waals surface area contributed by atoms with Gasteiger partial charge in [0.25, 0.3) is 5.91 Å². The van der Waals surface area contributed by atoms with Crippen LogP contribution in [0.15, 0.2) is 73.3 Å². The number of fused-ring (bicyclic) bond motifs is 1. The molecule has 0 saturated carbocycles. The van der Waals surface area contributed by atoms with Gasteiger partial charge in [0.1, 0.15) is 12.4 Å². The van der Waals surface area contributed by atoms with Crippen LogP contribution in [0.2, 0.25) is 5.02 Å². The van der Waals surface area contributed by atoms with Crippen molar-refractivity contribution < 1.29 is 19.5 Å². The van der Waals surface area contributed by atoms with Crippen molar-refractivity contribution in [1.29, 1.82) is 0 Å². The Morgan fingerprint density at radius 3 is 2.66 bits per heavy atom. The maximum atomic E-state index is 13.5. The number of carboxylic acids is 1. The summed E-state index contributed by atoms with van der Waals surface area (Å²) in [5, 5.41) is 23.6. The predicted molar refractivity (Wildman–Crippen MR) is 138 cm³/mol. The highest BCUT2D eigenvalue weighted by Gasteiger charge is 2.35. The number of carboxylic acid groups (broad SMARTS) is 1. The second-order valence-corrected chi connectivity index (χ2v) is 8.86. The van der Waals surface area contributed by atoms with E-state index in [0.717, 1.165) is 5.56 Å². The van der Waals surface area contributed by atoms with Crippen LogP contribution in [-0.2, 0) is 16.0 Å². The Bertz CT molecular complexity index is 1540. The SMILES string of the molecule is O=C(O)c1ccc(NC(=O)C2c3cnccc3CCN2C(=O)C=Cc2cc(Cl)ccc2-n2cnnn2)cc1. The minimum atomic E-state index is -1.07. The van der Waals surface area contributed by atoms with Crippen molar-refractivity contribution in [2.75, 3.05) is 11.9 Å². The van der Waals surface area contributed by atoms with Crippen LogP contribution in [0.3, 0.4) is 0 Å². The van der Waals surface area contributed by atoms with Gasteiger partial charge in [-0.3, -0.25) is 14.6 Å². The van der Waals surface area contributed by atoms with Crippen molar-refractivity contribution in [3.8, 4) is 5.69 Å². The first kappa shape index (κ1) is 24.8. The molecule has 38 heavy (non-hydrogen) atoms. The van der Waals surface area contributed by atoms with Crippen LogP contribution in [-0.4, -0.2) is 59.5 Å². The Morgan fingerprint density at radius 1 is 1.11 bits per heavy atom. The fourth-order valence-electron chi connectivity index (χ4n) is 4.27. The van der Waals surface area contributed by atoms with Gasteiger partial charge in [-0.25, -0.2) is 4.79 Å². The normalized spacial score (nSPS) is 14.8. The van der Waals surface area contributed by atoms with Crippen LogP contribution in [0.5, 0.6) is 0 Å². The molecule has 0 saturated heterocycles. The molecule has 0 fully saturated rings. The quantitative estimate of drug-likeness (QED) is 0.362. The number of hydrogen-bond donors (Lipinski definition) is 2. The van der Waals surface area contributed by atoms with Crippen molar-refractivity contribution in [1.82, 2.24) is 30.1 Å². The molecule has 12 heteroatoms. The zero-order valence-corrected chi connectivity index (χ0v) is 20.5. The van der Waals surface area contributed by atoms with E-state index in [4.69, 9.17) is 16.7 Å². The number of nitrogens with one attached hydrogen (secondary N) is 1. The number of pyridine rings is 1. The zero-order valence-electron chi connectivity index (χ0n) is 19.7. The molecule has 190 valence electrons. The van der Waals surface area contributed by atoms with Gasteiger partial charge >= 0.3 is 5.97 Å². The Labute approximate surface area is 221 Å². The summed E-state index contributed by atoms with van der Waals surface area (Å²) in [5.74, 6) is -1.90. The molecule has 2 N–H and O–H groups in total. The number of aromatic carboxylic acids is 1. The molecular weight excluding hydrogens is 510 g/mol. The van der Waals surface area contributed by atoms with Crippen molar-refractivity contribution in [3.63, 3.8) is 0 Å². The number of hydrogen-bond acceptors (Lipinski definition) is 7. The van der Waals surface area contributed by atoms with Gasteiger partial charge in [0.05, 0.1) is 11.3 Å². The van der Waals surface area contributed by atoms with E-state index in [1.54, 1.807) is 36.7 Å². The maximum Gasteiger partial charge on any atom is 0.335 e. The third-order valence-corrected chi connectivity index (χ3v) is 6.33. The maximum absolute atomic E-state index is 13.5. The third-order valence-electron chi connectivity index (χ3n) is 6.10. The Kier molecular flexibility index (Phi) is 6.92. The standard InChI is InChI=1S/C26H20ClN7O4/c27-19-4-7-22(34-15-29-31-32-34)18(13-19)3-8-23(35)33-12-10-16-9-11-28-14-21(16)24(33)25(36)30-20-5-1-17(2-6-20)26(37)38/h1-9,11,13-15,24H,10,12H2,(H,30,36)(H,37,38). The van der Waals surface area contributed by atoms with E-state index in [0.29, 0.717) is 40.5 Å². The molecular formula is C26H20ClN7O4. The number of amides is 2. The van der Waals surface area contributed by atoms with Gasteiger partial charge in [-0.1, -0.05) is 11.6 Å². The van der Waals surface area contributed by atoms with Crippen LogP contribution in [0, 0.1) is 0 Å². The number of rotatable bonds is 6. The van der Waals surface area contributed by atoms with Crippen LogP contribution >= 0.6 is 11.6 Å². The molecule has 0 spiro atoms. The van der Waals surface area contributed by atoms with E-state index in [9.17, 15) is 14.4 Å². The van der Waals surface area contributed by atoms with Gasteiger partial charge in [0, 0.05) is 46.9 Å². The van der Waals surface area contributed by atoms with Gasteiger partial charge in [0.15, 0.2) is 0 Å². The first-order chi connectivity index (χ1) is 18.4. The molecule has 5 rings (SSSR count). The summed E-state index contributed by atoms with van der Waals surface area (Å²) >= 11 is 6.18. The lowest BCUT2D eigenvalue weighted by Crippen LogP contribution is -2.44. The second kappa shape index (κ2) is 10.6. The number of carbonyl (C=O) groups is 3. The van der Waals surface area contributed by atoms with Gasteiger partial charge in [-0.15, -0.1) is 5.10 Å². The molecule has 4 aromatic rings. The third kappa shape index (κ3) is 5.13. The van der Waals surface area contributed by atoms with Gasteiger partial charge in [-0.2, -0.15) is 4.68 Å². The minimum absolute atomic E-state index is 0.0965. The monoisotopic (exact) mass is 529 g/mol. The number of halogens is 1. The van der Waals surface area contributed by atoms with E-state index >= 15 is 0 Å². The highest BCUT2D eigenvalue weighted by atomic mass is 35.5. The van der Waals surface area contributed by atoms with Gasteiger partial charge in [-0.05, 0) is 77.0 Å². The van der Waals surface area contributed by atoms with Gasteiger partial charge in [0.2, 0.25) is 5.91 Å². The smallest absolute Gasteiger partial charge is 0.335 e. The summed E-state index contributed by atoms with van der Waals surface area (Å²) in [5.41, 5.74) is 3.28. The number of benzene rings is 2. The van der Waals surface area contributed by atoms with Crippen LogP contribution in [0.1, 0.15) is 33.1 Å². The number of carbonyl (C=O) groups excluding carboxylic acids is 2. The predicted octanol–water partition coefficient (Wildman–Crippen LogP) is 3.19. The van der Waals surface area contributed by atoms with Crippen molar-refractivity contribution in [3.05, 3.63) is 101 Å². The van der Waals surface area contributed by atoms with Crippen LogP contribution in [0.4, 0.5) is 5.69 Å². The van der Waals surface area contributed by atoms with E-state index < -0.39 is 17.9 Å². The Morgan fingerprint density at radius 2 is 1.92 bits per heavy atom. The fraction of sp³-hybridized carbons (Fsp3) is 0.115. The molecule has 1 atom stereocenters. The molecule has 1 aliphatic rings. The lowest BCUT2D eigenvalue weighted by molar-refractivity contribution is -0.135. The van der Waals surface area contributed by atoms with E-state index in [-0.39, 0.29) is 11.5 Å². The van der Waals surface area contributed by atoms with Crippen molar-refractivity contribution in [2.45, 2.75) is 12.5 Å². The first-order valence-electron chi connectivity index (χ1n) is 11.5. The number of aromatic nitrogens is 5. The van der Waals surface area contributed by atoms with E-state index in [2.05, 4.69) is 25.8 Å². The summed E-state index contributed by atoms with van der Waals surface area (Å²) in [6.07, 6.45) is 8.20. The minimum Gasteiger partial charge on any atom is -0.478 e. The Balaban J connectivity index is 1.43. The number of nitrogens with zero attached hydrogens (tertiary/aromatic N) is 6. The topological polar surface area (TPSA) is 143 Å². The first-order valence-corrected chi connectivity index (χ1v) is 11.9. The largest absolute Gasteiger partial charge is 0.478 e. The zero-order chi connectivity index (χ0) is 26.6. The number of anilines is 1. The van der Waals surface area contributed by atoms with Gasteiger partial charge < -0.3 is 15.3 Å². The lowest BCUT2D eigenvalue weighted by atomic mass is 9.93. The van der Waals surface area contributed by atoms with Crippen LogP contribution < -0.4 is 5.32 Å². The molecule has 0 aliphatic carbocycles. The summed E-state index contributed by atoms with van der Waals surface area (Å²) in [7, 11) is 0. The molecule has 0 bridgehead atoms. The molecule has 1 aliphatic heterocycles. The molecule has 11 nitrogen and oxygen atoms in total. The molecule has 0 radical (unpaired) electrons. The fourth-order valence-corrected chi connectivity index (χ4v) is 4.45. The number of tetrazole rings is 1. The highest BCUT2D eigenvalue weighted by Crippen LogP contribution is 2.31. The van der Waals surface area contributed by atoms with Crippen LogP contribution in [0.25, 0.3) is 11.8 Å². The molecule has 2 aromatic carbocycles. The molecule has 2 aromatic heterocycles. The molecule has 3 heterocycles. The van der Waals surface area contributed by atoms with Crippen molar-refractivity contribution in [2.24, 2.45) is 0 Å². The summed E-state index contributed by atoms with van der Waals surface area (Å²) in [4.78, 5) is 43.7. The highest BCUT2D eigenvalue weighted by molar-refractivity contribution is 6.30. The summed E-state index contributed by atoms with van der Waals surface area (Å²) in [6.45, 7) is 0.311. The van der Waals surface area contributed by atoms with Crippen molar-refractivity contribution >= 4 is 41.1 Å². The summed E-state index contributed by atoms with van der Waals surface area (Å²) in [6, 6.07) is 11.8. The molecule has 2 amide bonds. The molecule has 1 unspecified atom stereocenters. The second-order valence-electron chi connectivity index (χ2n) is 8.42. The Hall–Kier alpha value is -4.90. The average molecular weight is 530 g/mol. The lowest BCUT2D eigenvalue weighted by Gasteiger charge is -2.35. The summed E-state index contributed by atoms with van der Waals surface area (Å²) < 4.78 is 1.45. The van der Waals surface area contributed by atoms with E-state index in [1.807, 2.05) is 6.07 Å². The average Bonchev–Trinajstić information content (AvgIpc) is 3.46.